The molecule has 0 unspecified atom stereocenters. The van der Waals surface area contributed by atoms with E-state index in [1.807, 2.05) is 36.7 Å². The molecule has 0 saturated carbocycles. The second-order valence-electron chi connectivity index (χ2n) is 7.95. The van der Waals surface area contributed by atoms with Crippen LogP contribution in [0.15, 0.2) is 30.7 Å². The van der Waals surface area contributed by atoms with E-state index in [1.165, 1.54) is 0 Å². The number of imidazole rings is 1. The zero-order chi connectivity index (χ0) is 21.8. The zero-order valence-corrected chi connectivity index (χ0v) is 18.2. The highest BCUT2D eigenvalue weighted by Gasteiger charge is 2.21. The molecule has 1 aliphatic rings. The number of rotatable bonds is 8. The molecule has 166 valence electrons. The number of nitrogens with one attached hydrogen (secondary N) is 1. The lowest BCUT2D eigenvalue weighted by atomic mass is 9.97. The number of carbonyl (C=O) groups is 1. The van der Waals surface area contributed by atoms with Crippen LogP contribution in [0.2, 0.25) is 0 Å². The number of nitrogens with zero attached hydrogens (tertiary/aromatic N) is 4. The largest absolute Gasteiger partial charge is 0.489 e. The molecule has 0 aromatic carbocycles. The molecule has 4 heterocycles. The molecule has 0 aliphatic carbocycles. The molecule has 3 aromatic heterocycles. The Morgan fingerprint density at radius 3 is 2.87 bits per heavy atom. The Hall–Kier alpha value is -2.91. The lowest BCUT2D eigenvalue weighted by molar-refractivity contribution is 0.0846. The van der Waals surface area contributed by atoms with E-state index < -0.39 is 0 Å². The molecule has 4 rings (SSSR count). The smallest absolute Gasteiger partial charge is 0.276 e. The average molecular weight is 428 g/mol. The number of anilines is 1. The summed E-state index contributed by atoms with van der Waals surface area (Å²) < 4.78 is 20.1. The number of amides is 1. The highest BCUT2D eigenvalue weighted by atomic mass is 16.5. The number of methoxy groups -OCH3 is 1. The van der Waals surface area contributed by atoms with E-state index in [1.54, 1.807) is 24.1 Å². The molecule has 31 heavy (non-hydrogen) atoms. The molecule has 9 heteroatoms. The van der Waals surface area contributed by atoms with Crippen molar-refractivity contribution < 1.29 is 19.0 Å². The normalized spacial score (nSPS) is 15.0. The SMILES string of the molecule is COCCn1ccc(C(=O)Nc2cn3cc(C4CCOCC4)nc3cc2OC(C)C)n1. The van der Waals surface area contributed by atoms with Crippen LogP contribution in [0.25, 0.3) is 5.65 Å². The van der Waals surface area contributed by atoms with Gasteiger partial charge in [0.15, 0.2) is 5.69 Å². The van der Waals surface area contributed by atoms with Crippen LogP contribution in [0.4, 0.5) is 5.69 Å². The van der Waals surface area contributed by atoms with E-state index in [-0.39, 0.29) is 12.0 Å². The standard InChI is InChI=1S/C22H29N5O4/c1-15(2)31-20-12-21-23-18(16-5-9-30-10-6-16)13-26(21)14-19(20)24-22(28)17-4-7-27(25-17)8-11-29-3/h4,7,12-16H,5-6,8-11H2,1-3H3,(H,24,28). The molecular formula is C22H29N5O4. The molecule has 9 nitrogen and oxygen atoms in total. The molecule has 0 radical (unpaired) electrons. The van der Waals surface area contributed by atoms with Crippen LogP contribution in [-0.2, 0) is 16.0 Å². The van der Waals surface area contributed by atoms with Crippen molar-refractivity contribution in [2.24, 2.45) is 0 Å². The van der Waals surface area contributed by atoms with Crippen LogP contribution in [0, 0.1) is 0 Å². The van der Waals surface area contributed by atoms with Crippen LogP contribution < -0.4 is 10.1 Å². The number of carbonyl (C=O) groups excluding carboxylic acids is 1. The van der Waals surface area contributed by atoms with Gasteiger partial charge in [0.2, 0.25) is 0 Å². The maximum Gasteiger partial charge on any atom is 0.276 e. The van der Waals surface area contributed by atoms with Crippen molar-refractivity contribution >= 4 is 17.2 Å². The number of hydrogen-bond acceptors (Lipinski definition) is 6. The van der Waals surface area contributed by atoms with Gasteiger partial charge in [-0.2, -0.15) is 5.10 Å². The summed E-state index contributed by atoms with van der Waals surface area (Å²) in [5, 5.41) is 7.26. The number of pyridine rings is 1. The first-order valence-corrected chi connectivity index (χ1v) is 10.6. The van der Waals surface area contributed by atoms with Crippen molar-refractivity contribution in [3.8, 4) is 5.75 Å². The van der Waals surface area contributed by atoms with Crippen molar-refractivity contribution in [2.45, 2.75) is 45.3 Å². The number of hydrogen-bond donors (Lipinski definition) is 1. The fraction of sp³-hybridized carbons (Fsp3) is 0.500. The molecule has 1 amide bonds. The summed E-state index contributed by atoms with van der Waals surface area (Å²) in [6.45, 7) is 6.54. The molecule has 0 spiro atoms. The van der Waals surface area contributed by atoms with Gasteiger partial charge in [0, 0.05) is 50.9 Å². The van der Waals surface area contributed by atoms with Crippen molar-refractivity contribution in [2.75, 3.05) is 32.2 Å². The maximum absolute atomic E-state index is 12.8. The van der Waals surface area contributed by atoms with E-state index in [0.29, 0.717) is 36.2 Å². The third kappa shape index (κ3) is 5.05. The Balaban J connectivity index is 1.59. The molecule has 1 saturated heterocycles. The molecule has 3 aromatic rings. The zero-order valence-electron chi connectivity index (χ0n) is 18.2. The van der Waals surface area contributed by atoms with Crippen LogP contribution in [0.1, 0.15) is 48.8 Å². The lowest BCUT2D eigenvalue weighted by Gasteiger charge is -2.19. The predicted octanol–water partition coefficient (Wildman–Crippen LogP) is 3.11. The van der Waals surface area contributed by atoms with Gasteiger partial charge < -0.3 is 23.9 Å². The van der Waals surface area contributed by atoms with Gasteiger partial charge >= 0.3 is 0 Å². The Morgan fingerprint density at radius 1 is 1.32 bits per heavy atom. The minimum absolute atomic E-state index is 0.0451. The van der Waals surface area contributed by atoms with E-state index >= 15 is 0 Å². The molecule has 1 fully saturated rings. The van der Waals surface area contributed by atoms with Crippen molar-refractivity contribution in [3.05, 3.63) is 42.1 Å². The summed E-state index contributed by atoms with van der Waals surface area (Å²) in [7, 11) is 1.63. The van der Waals surface area contributed by atoms with Gasteiger partial charge in [0.05, 0.1) is 24.9 Å². The minimum atomic E-state index is -0.297. The van der Waals surface area contributed by atoms with Gasteiger partial charge in [-0.25, -0.2) is 4.98 Å². The highest BCUT2D eigenvalue weighted by Crippen LogP contribution is 2.31. The second-order valence-corrected chi connectivity index (χ2v) is 7.95. The van der Waals surface area contributed by atoms with E-state index in [2.05, 4.69) is 10.4 Å². The van der Waals surface area contributed by atoms with Crippen molar-refractivity contribution in [3.63, 3.8) is 0 Å². The molecule has 0 atom stereocenters. The minimum Gasteiger partial charge on any atom is -0.489 e. The molecular weight excluding hydrogens is 398 g/mol. The molecule has 1 aliphatic heterocycles. The van der Waals surface area contributed by atoms with Gasteiger partial charge in [-0.15, -0.1) is 0 Å². The van der Waals surface area contributed by atoms with Crippen LogP contribution >= 0.6 is 0 Å². The summed E-state index contributed by atoms with van der Waals surface area (Å²) in [4.78, 5) is 17.6. The Kier molecular flexibility index (Phi) is 6.53. The summed E-state index contributed by atoms with van der Waals surface area (Å²) in [5.74, 6) is 0.671. The highest BCUT2D eigenvalue weighted by molar-refractivity contribution is 6.03. The van der Waals surface area contributed by atoms with E-state index in [0.717, 1.165) is 37.4 Å². The fourth-order valence-corrected chi connectivity index (χ4v) is 3.65. The van der Waals surface area contributed by atoms with Crippen molar-refractivity contribution in [1.29, 1.82) is 0 Å². The molecule has 1 N–H and O–H groups in total. The predicted molar refractivity (Wildman–Crippen MR) is 116 cm³/mol. The van der Waals surface area contributed by atoms with Crippen LogP contribution in [0.5, 0.6) is 5.75 Å². The summed E-state index contributed by atoms with van der Waals surface area (Å²) in [5.41, 5.74) is 2.74. The summed E-state index contributed by atoms with van der Waals surface area (Å²) >= 11 is 0. The summed E-state index contributed by atoms with van der Waals surface area (Å²) in [6.07, 6.45) is 7.53. The Labute approximate surface area is 181 Å². The van der Waals surface area contributed by atoms with Gasteiger partial charge in [-0.3, -0.25) is 9.48 Å². The Bertz CT molecular complexity index is 1040. The topological polar surface area (TPSA) is 91.9 Å². The number of ether oxygens (including phenoxy) is 3. The van der Waals surface area contributed by atoms with Gasteiger partial charge in [-0.05, 0) is 32.8 Å². The lowest BCUT2D eigenvalue weighted by Crippen LogP contribution is -2.16. The van der Waals surface area contributed by atoms with Gasteiger partial charge in [0.1, 0.15) is 17.1 Å². The first kappa shape index (κ1) is 21.3. The number of fused-ring (bicyclic) bond motifs is 1. The van der Waals surface area contributed by atoms with Crippen LogP contribution in [-0.4, -0.2) is 58.1 Å². The van der Waals surface area contributed by atoms with E-state index in [9.17, 15) is 4.79 Å². The third-order valence-corrected chi connectivity index (χ3v) is 5.22. The second kappa shape index (κ2) is 9.49. The number of aromatic nitrogens is 4. The van der Waals surface area contributed by atoms with Gasteiger partial charge in [-0.1, -0.05) is 0 Å². The van der Waals surface area contributed by atoms with Crippen molar-refractivity contribution in [1.82, 2.24) is 19.2 Å². The maximum atomic E-state index is 12.8. The first-order valence-electron chi connectivity index (χ1n) is 10.6. The van der Waals surface area contributed by atoms with E-state index in [4.69, 9.17) is 19.2 Å². The Morgan fingerprint density at radius 2 is 2.13 bits per heavy atom. The average Bonchev–Trinajstić information content (AvgIpc) is 3.39. The quantitative estimate of drug-likeness (QED) is 0.594. The van der Waals surface area contributed by atoms with Crippen LogP contribution in [0.3, 0.4) is 0 Å². The molecule has 0 bridgehead atoms. The van der Waals surface area contributed by atoms with Gasteiger partial charge in [0.25, 0.3) is 5.91 Å². The summed E-state index contributed by atoms with van der Waals surface area (Å²) in [6, 6.07) is 3.56. The first-order chi connectivity index (χ1) is 15.0. The third-order valence-electron chi connectivity index (χ3n) is 5.22. The fourth-order valence-electron chi connectivity index (χ4n) is 3.65. The monoisotopic (exact) mass is 427 g/mol.